The van der Waals surface area contributed by atoms with Crippen LogP contribution in [0.2, 0.25) is 0 Å². The Morgan fingerprint density at radius 2 is 1.83 bits per heavy atom. The Morgan fingerprint density at radius 1 is 1.28 bits per heavy atom. The highest BCUT2D eigenvalue weighted by Crippen LogP contribution is 2.24. The van der Waals surface area contributed by atoms with Crippen molar-refractivity contribution in [2.45, 2.75) is 57.6 Å². The van der Waals surface area contributed by atoms with Crippen molar-refractivity contribution in [1.82, 2.24) is 5.32 Å². The first-order valence-corrected chi connectivity index (χ1v) is 6.47. The van der Waals surface area contributed by atoms with Crippen LogP contribution in [0, 0.1) is 5.92 Å². The van der Waals surface area contributed by atoms with Crippen molar-refractivity contribution in [3.8, 4) is 0 Å². The minimum absolute atomic E-state index is 0.0479. The van der Waals surface area contributed by atoms with Crippen LogP contribution in [0.5, 0.6) is 0 Å². The van der Waals surface area contributed by atoms with E-state index in [-0.39, 0.29) is 11.8 Å². The fraction of sp³-hybridized carbons (Fsp3) is 0.846. The second-order valence-electron chi connectivity index (χ2n) is 5.42. The molecule has 104 valence electrons. The molecule has 0 aliphatic heterocycles. The van der Waals surface area contributed by atoms with E-state index < -0.39 is 17.6 Å². The second-order valence-corrected chi connectivity index (χ2v) is 5.42. The molecule has 0 aromatic heterocycles. The van der Waals surface area contributed by atoms with Crippen molar-refractivity contribution in [2.75, 3.05) is 7.11 Å². The molecule has 2 N–H and O–H groups in total. The number of aliphatic carboxylic acids is 1. The van der Waals surface area contributed by atoms with Gasteiger partial charge in [-0.25, -0.2) is 4.79 Å². The van der Waals surface area contributed by atoms with Crippen LogP contribution in [-0.4, -0.2) is 35.7 Å². The molecular weight excluding hydrogens is 234 g/mol. The second kappa shape index (κ2) is 6.18. The molecule has 1 aliphatic rings. The van der Waals surface area contributed by atoms with E-state index in [1.165, 1.54) is 7.11 Å². The quantitative estimate of drug-likeness (QED) is 0.783. The van der Waals surface area contributed by atoms with E-state index in [2.05, 4.69) is 5.32 Å². The van der Waals surface area contributed by atoms with Crippen LogP contribution in [-0.2, 0) is 14.3 Å². The molecule has 5 heteroatoms. The van der Waals surface area contributed by atoms with Gasteiger partial charge in [-0.3, -0.25) is 4.79 Å². The van der Waals surface area contributed by atoms with Crippen LogP contribution in [0.1, 0.15) is 46.0 Å². The van der Waals surface area contributed by atoms with Gasteiger partial charge in [0.25, 0.3) is 0 Å². The molecule has 1 aliphatic carbocycles. The monoisotopic (exact) mass is 257 g/mol. The number of nitrogens with one attached hydrogen (secondary N) is 1. The van der Waals surface area contributed by atoms with Crippen LogP contribution in [0.4, 0.5) is 0 Å². The van der Waals surface area contributed by atoms with E-state index in [4.69, 9.17) is 4.74 Å². The number of rotatable bonds is 5. The predicted octanol–water partition coefficient (Wildman–Crippen LogP) is 1.56. The molecule has 1 atom stereocenters. The lowest BCUT2D eigenvalue weighted by Gasteiger charge is -2.32. The molecule has 1 fully saturated rings. The van der Waals surface area contributed by atoms with Gasteiger partial charge in [-0.2, -0.15) is 0 Å². The van der Waals surface area contributed by atoms with Crippen molar-refractivity contribution in [3.05, 3.63) is 0 Å². The molecule has 0 spiro atoms. The van der Waals surface area contributed by atoms with E-state index in [1.54, 1.807) is 13.8 Å². The van der Waals surface area contributed by atoms with Crippen molar-refractivity contribution in [1.29, 1.82) is 0 Å². The van der Waals surface area contributed by atoms with Gasteiger partial charge < -0.3 is 15.2 Å². The number of carbonyl (C=O) groups is 2. The number of hydrogen-bond donors (Lipinski definition) is 2. The SMILES string of the molecule is COC(C)(C)C(NC(=O)C1CCCCC1)C(=O)O. The third kappa shape index (κ3) is 3.70. The Morgan fingerprint density at radius 3 is 2.28 bits per heavy atom. The summed E-state index contributed by atoms with van der Waals surface area (Å²) in [5, 5.41) is 11.8. The average Bonchev–Trinajstić information content (AvgIpc) is 2.36. The van der Waals surface area contributed by atoms with Crippen LogP contribution < -0.4 is 5.32 Å². The van der Waals surface area contributed by atoms with Gasteiger partial charge in [-0.15, -0.1) is 0 Å². The molecule has 18 heavy (non-hydrogen) atoms. The molecule has 0 heterocycles. The van der Waals surface area contributed by atoms with Gasteiger partial charge in [0.05, 0.1) is 5.60 Å². The zero-order chi connectivity index (χ0) is 13.8. The Labute approximate surface area is 108 Å². The zero-order valence-electron chi connectivity index (χ0n) is 11.4. The first-order chi connectivity index (χ1) is 8.38. The van der Waals surface area contributed by atoms with Crippen LogP contribution in [0.3, 0.4) is 0 Å². The normalized spacial score (nSPS) is 19.3. The lowest BCUT2D eigenvalue weighted by molar-refractivity contribution is -0.151. The number of amides is 1. The molecular formula is C13H23NO4. The molecule has 1 saturated carbocycles. The minimum Gasteiger partial charge on any atom is -0.480 e. The van der Waals surface area contributed by atoms with Gasteiger partial charge in [0.15, 0.2) is 6.04 Å². The summed E-state index contributed by atoms with van der Waals surface area (Å²) in [5.74, 6) is -1.27. The van der Waals surface area contributed by atoms with Gasteiger partial charge in [0, 0.05) is 13.0 Å². The lowest BCUT2D eigenvalue weighted by atomic mass is 9.88. The number of hydrogen-bond acceptors (Lipinski definition) is 3. The average molecular weight is 257 g/mol. The van der Waals surface area contributed by atoms with Crippen LogP contribution in [0.15, 0.2) is 0 Å². The van der Waals surface area contributed by atoms with E-state index in [1.807, 2.05) is 0 Å². The highest BCUT2D eigenvalue weighted by Gasteiger charge is 2.38. The van der Waals surface area contributed by atoms with E-state index in [9.17, 15) is 14.7 Å². The molecule has 0 aromatic rings. The molecule has 1 unspecified atom stereocenters. The number of ether oxygens (including phenoxy) is 1. The molecule has 1 rings (SSSR count). The van der Waals surface area contributed by atoms with Gasteiger partial charge in [-0.1, -0.05) is 19.3 Å². The summed E-state index contributed by atoms with van der Waals surface area (Å²) >= 11 is 0. The van der Waals surface area contributed by atoms with E-state index >= 15 is 0 Å². The summed E-state index contributed by atoms with van der Waals surface area (Å²) in [7, 11) is 1.45. The predicted molar refractivity (Wildman–Crippen MR) is 67.2 cm³/mol. The van der Waals surface area contributed by atoms with Crippen molar-refractivity contribution in [2.24, 2.45) is 5.92 Å². The molecule has 0 radical (unpaired) electrons. The fourth-order valence-electron chi connectivity index (χ4n) is 2.28. The summed E-state index contributed by atoms with van der Waals surface area (Å²) in [6.45, 7) is 3.32. The summed E-state index contributed by atoms with van der Waals surface area (Å²) in [6, 6.07) is -1.02. The van der Waals surface area contributed by atoms with Crippen molar-refractivity contribution in [3.63, 3.8) is 0 Å². The Bertz CT molecular complexity index is 308. The standard InChI is InChI=1S/C13H23NO4/c1-13(2,18-3)10(12(16)17)14-11(15)9-7-5-4-6-8-9/h9-10H,4-8H2,1-3H3,(H,14,15)(H,16,17). The van der Waals surface area contributed by atoms with Crippen molar-refractivity contribution < 1.29 is 19.4 Å². The first kappa shape index (κ1) is 15.0. The largest absolute Gasteiger partial charge is 0.480 e. The third-order valence-electron chi connectivity index (χ3n) is 3.73. The molecule has 0 bridgehead atoms. The summed E-state index contributed by atoms with van der Waals surface area (Å²) < 4.78 is 5.15. The molecule has 1 amide bonds. The zero-order valence-corrected chi connectivity index (χ0v) is 11.4. The lowest BCUT2D eigenvalue weighted by Crippen LogP contribution is -2.56. The van der Waals surface area contributed by atoms with Gasteiger partial charge in [0.2, 0.25) is 5.91 Å². The fourth-order valence-corrected chi connectivity index (χ4v) is 2.28. The van der Waals surface area contributed by atoms with Gasteiger partial charge >= 0.3 is 5.97 Å². The van der Waals surface area contributed by atoms with Crippen LogP contribution in [0.25, 0.3) is 0 Å². The highest BCUT2D eigenvalue weighted by molar-refractivity contribution is 5.85. The minimum atomic E-state index is -1.06. The van der Waals surface area contributed by atoms with Gasteiger partial charge in [-0.05, 0) is 26.7 Å². The maximum absolute atomic E-state index is 12.0. The van der Waals surface area contributed by atoms with Crippen molar-refractivity contribution >= 4 is 11.9 Å². The number of carbonyl (C=O) groups excluding carboxylic acids is 1. The highest BCUT2D eigenvalue weighted by atomic mass is 16.5. The Hall–Kier alpha value is -1.10. The first-order valence-electron chi connectivity index (χ1n) is 6.47. The Kier molecular flexibility index (Phi) is 5.14. The molecule has 5 nitrogen and oxygen atoms in total. The summed E-state index contributed by atoms with van der Waals surface area (Å²) in [6.07, 6.45) is 4.96. The van der Waals surface area contributed by atoms with Crippen LogP contribution >= 0.6 is 0 Å². The number of methoxy groups -OCH3 is 1. The smallest absolute Gasteiger partial charge is 0.329 e. The number of carboxylic acid groups (broad SMARTS) is 1. The molecule has 0 saturated heterocycles. The third-order valence-corrected chi connectivity index (χ3v) is 3.73. The van der Waals surface area contributed by atoms with E-state index in [0.29, 0.717) is 0 Å². The summed E-state index contributed by atoms with van der Waals surface area (Å²) in [4.78, 5) is 23.3. The maximum Gasteiger partial charge on any atom is 0.329 e. The summed E-state index contributed by atoms with van der Waals surface area (Å²) in [5.41, 5.74) is -0.920. The van der Waals surface area contributed by atoms with Gasteiger partial charge in [0.1, 0.15) is 0 Å². The Balaban J connectivity index is 2.66. The maximum atomic E-state index is 12.0. The molecule has 0 aromatic carbocycles. The topological polar surface area (TPSA) is 75.6 Å². The number of carboxylic acids is 1. The van der Waals surface area contributed by atoms with E-state index in [0.717, 1.165) is 32.1 Å².